The van der Waals surface area contributed by atoms with Gasteiger partial charge in [0.2, 0.25) is 5.91 Å². The van der Waals surface area contributed by atoms with Crippen LogP contribution in [0.25, 0.3) is 11.1 Å². The Bertz CT molecular complexity index is 1390. The van der Waals surface area contributed by atoms with Gasteiger partial charge in [0.05, 0.1) is 35.7 Å². The van der Waals surface area contributed by atoms with Gasteiger partial charge in [0.25, 0.3) is 5.91 Å². The number of ether oxygens (including phenoxy) is 2. The number of pyridine rings is 1. The van der Waals surface area contributed by atoms with Crippen molar-refractivity contribution in [3.8, 4) is 16.9 Å². The van der Waals surface area contributed by atoms with Crippen molar-refractivity contribution in [1.29, 1.82) is 0 Å². The number of rotatable bonds is 7. The normalized spacial score (nSPS) is 19.5. The minimum Gasteiger partial charge on any atom is -0.404 e. The topological polar surface area (TPSA) is 92.8 Å². The molecule has 0 radical (unpaired) electrons. The van der Waals surface area contributed by atoms with Gasteiger partial charge in [0, 0.05) is 30.5 Å². The zero-order chi connectivity index (χ0) is 27.7. The lowest BCUT2D eigenvalue weighted by Crippen LogP contribution is -2.48. The molecule has 2 amide bonds. The molecule has 2 aliphatic rings. The number of carbonyl (C=O) groups excluding carboxylic acids is 2. The van der Waals surface area contributed by atoms with E-state index in [1.807, 2.05) is 4.90 Å². The summed E-state index contributed by atoms with van der Waals surface area (Å²) in [5, 5.41) is 5.17. The summed E-state index contributed by atoms with van der Waals surface area (Å²) in [6.07, 6.45) is -1.49. The third-order valence-corrected chi connectivity index (χ3v) is 6.73. The fourth-order valence-corrected chi connectivity index (χ4v) is 4.87. The maximum Gasteiger partial charge on any atom is 0.573 e. The molecule has 3 heterocycles. The summed E-state index contributed by atoms with van der Waals surface area (Å²) >= 11 is 0. The van der Waals surface area contributed by atoms with Gasteiger partial charge >= 0.3 is 6.36 Å². The van der Waals surface area contributed by atoms with E-state index in [4.69, 9.17) is 4.74 Å². The third-order valence-electron chi connectivity index (χ3n) is 6.73. The number of carbonyl (C=O) groups is 2. The monoisotopic (exact) mass is 544 g/mol. The second kappa shape index (κ2) is 10.6. The third kappa shape index (κ3) is 6.02. The highest BCUT2D eigenvalue weighted by molar-refractivity contribution is 6.07. The molecule has 8 nitrogen and oxygen atoms in total. The molecule has 0 saturated carbocycles. The lowest BCUT2D eigenvalue weighted by atomic mass is 10.0. The van der Waals surface area contributed by atoms with Gasteiger partial charge in [-0.1, -0.05) is 12.1 Å². The summed E-state index contributed by atoms with van der Waals surface area (Å²) in [5.74, 6) is -2.51. The van der Waals surface area contributed by atoms with Gasteiger partial charge in [-0.05, 0) is 55.3 Å². The Balaban J connectivity index is 1.53. The summed E-state index contributed by atoms with van der Waals surface area (Å²) in [6.45, 7) is 2.68. The molecule has 2 fully saturated rings. The molecular weight excluding hydrogens is 520 g/mol. The molecule has 0 unspecified atom stereocenters. The molecule has 12 heteroatoms. The molecule has 39 heavy (non-hydrogen) atoms. The van der Waals surface area contributed by atoms with Crippen molar-refractivity contribution in [3.63, 3.8) is 0 Å². The van der Waals surface area contributed by atoms with Gasteiger partial charge in [-0.25, -0.2) is 4.39 Å². The summed E-state index contributed by atoms with van der Waals surface area (Å²) in [5.41, 5.74) is 0.129. The molecular formula is C27H24F4N4O4. The summed E-state index contributed by atoms with van der Waals surface area (Å²) in [6, 6.07) is 9.74. The van der Waals surface area contributed by atoms with E-state index in [9.17, 15) is 27.2 Å². The van der Waals surface area contributed by atoms with E-state index in [2.05, 4.69) is 20.4 Å². The van der Waals surface area contributed by atoms with Crippen LogP contribution < -0.4 is 15.4 Å². The van der Waals surface area contributed by atoms with Gasteiger partial charge in [0.1, 0.15) is 5.82 Å². The van der Waals surface area contributed by atoms with Crippen molar-refractivity contribution in [2.75, 3.05) is 23.8 Å². The molecule has 2 aliphatic heterocycles. The fourth-order valence-electron chi connectivity index (χ4n) is 4.87. The van der Waals surface area contributed by atoms with Crippen molar-refractivity contribution in [3.05, 3.63) is 72.3 Å². The molecule has 0 aliphatic carbocycles. The lowest BCUT2D eigenvalue weighted by Gasteiger charge is -2.31. The van der Waals surface area contributed by atoms with Crippen molar-refractivity contribution in [2.45, 2.75) is 37.9 Å². The van der Waals surface area contributed by atoms with Crippen molar-refractivity contribution in [2.24, 2.45) is 0 Å². The second-order valence-corrected chi connectivity index (χ2v) is 9.35. The number of anilines is 2. The van der Waals surface area contributed by atoms with Crippen LogP contribution in [-0.4, -0.2) is 59.4 Å². The number of morpholine rings is 1. The van der Waals surface area contributed by atoms with Crippen LogP contribution in [0.5, 0.6) is 5.75 Å². The number of fused-ring (bicyclic) bond motifs is 2. The lowest BCUT2D eigenvalue weighted by molar-refractivity contribution is -0.274. The first-order valence-corrected chi connectivity index (χ1v) is 12.2. The van der Waals surface area contributed by atoms with Crippen molar-refractivity contribution < 1.29 is 36.6 Å². The zero-order valence-electron chi connectivity index (χ0n) is 20.7. The van der Waals surface area contributed by atoms with E-state index in [-0.39, 0.29) is 40.2 Å². The summed E-state index contributed by atoms with van der Waals surface area (Å²) < 4.78 is 64.1. The molecule has 3 atom stereocenters. The summed E-state index contributed by atoms with van der Waals surface area (Å²) in [4.78, 5) is 31.9. The van der Waals surface area contributed by atoms with E-state index >= 15 is 0 Å². The molecule has 204 valence electrons. The predicted molar refractivity (Wildman–Crippen MR) is 134 cm³/mol. The number of halogens is 4. The molecule has 0 spiro atoms. The highest BCUT2D eigenvalue weighted by Crippen LogP contribution is 2.40. The van der Waals surface area contributed by atoms with E-state index in [0.717, 1.165) is 18.6 Å². The SMILES string of the molecule is C[C@@H](C(=O)Nc1cc(NC(=O)c2cccnc2)c(-c2cccc(F)c2)cc1OC(F)(F)F)N1C[C@@H]2C[C@H]1CO2. The van der Waals surface area contributed by atoms with E-state index in [0.29, 0.717) is 13.2 Å². The first-order chi connectivity index (χ1) is 18.6. The minimum atomic E-state index is -5.09. The van der Waals surface area contributed by atoms with E-state index < -0.39 is 35.8 Å². The van der Waals surface area contributed by atoms with Crippen LogP contribution in [0.15, 0.2) is 60.9 Å². The van der Waals surface area contributed by atoms with E-state index in [1.165, 1.54) is 42.7 Å². The Morgan fingerprint density at radius 1 is 1.13 bits per heavy atom. The molecule has 2 N–H and O–H groups in total. The van der Waals surface area contributed by atoms with Gasteiger partial charge < -0.3 is 20.1 Å². The van der Waals surface area contributed by atoms with Crippen molar-refractivity contribution in [1.82, 2.24) is 9.88 Å². The quantitative estimate of drug-likeness (QED) is 0.414. The Morgan fingerprint density at radius 3 is 2.59 bits per heavy atom. The smallest absolute Gasteiger partial charge is 0.404 e. The Hall–Kier alpha value is -4.03. The van der Waals surface area contributed by atoms with Crippen molar-refractivity contribution >= 4 is 23.2 Å². The van der Waals surface area contributed by atoms with Crippen LogP contribution in [-0.2, 0) is 9.53 Å². The van der Waals surface area contributed by atoms with Crippen LogP contribution in [0, 0.1) is 5.82 Å². The number of likely N-dealkylation sites (tertiary alicyclic amines) is 1. The number of aromatic nitrogens is 1. The maximum absolute atomic E-state index is 14.1. The maximum atomic E-state index is 14.1. The highest BCUT2D eigenvalue weighted by Gasteiger charge is 2.43. The molecule has 3 aromatic rings. The fraction of sp³-hybridized carbons (Fsp3) is 0.296. The first kappa shape index (κ1) is 26.6. The molecule has 2 aromatic carbocycles. The molecule has 1 aromatic heterocycles. The van der Waals surface area contributed by atoms with Gasteiger partial charge in [-0.15, -0.1) is 13.2 Å². The average Bonchev–Trinajstić information content (AvgIpc) is 3.53. The number of alkyl halides is 3. The Labute approximate surface area is 220 Å². The second-order valence-electron chi connectivity index (χ2n) is 9.35. The number of nitrogens with zero attached hydrogens (tertiary/aromatic N) is 2. The number of hydrogen-bond donors (Lipinski definition) is 2. The first-order valence-electron chi connectivity index (χ1n) is 12.2. The van der Waals surface area contributed by atoms with Gasteiger partial charge in [0.15, 0.2) is 5.75 Å². The number of benzene rings is 2. The van der Waals surface area contributed by atoms with Gasteiger partial charge in [-0.3, -0.25) is 19.5 Å². The summed E-state index contributed by atoms with van der Waals surface area (Å²) in [7, 11) is 0. The zero-order valence-corrected chi connectivity index (χ0v) is 20.7. The number of hydrogen-bond acceptors (Lipinski definition) is 6. The Morgan fingerprint density at radius 2 is 1.95 bits per heavy atom. The molecule has 2 saturated heterocycles. The molecule has 5 rings (SSSR count). The average molecular weight is 545 g/mol. The minimum absolute atomic E-state index is 0.0224. The number of amides is 2. The van der Waals surface area contributed by atoms with Crippen LogP contribution >= 0.6 is 0 Å². The standard InChI is InChI=1S/C27H24F4N4O4/c1-15(35-13-20-9-19(35)14-38-20)25(36)34-23-11-22(33-26(37)17-5-3-7-32-12-17)21(10-24(23)39-27(29,30)31)16-4-2-6-18(28)8-16/h2-8,10-12,15,19-20H,9,13-14H2,1H3,(H,33,37)(H,34,36)/t15-,19-,20-/m0/s1. The van der Waals surface area contributed by atoms with Crippen LogP contribution in [0.4, 0.5) is 28.9 Å². The number of nitrogens with one attached hydrogen (secondary N) is 2. The predicted octanol–water partition coefficient (Wildman–Crippen LogP) is 4.84. The van der Waals surface area contributed by atoms with Gasteiger partial charge in [-0.2, -0.15) is 0 Å². The van der Waals surface area contributed by atoms with Crippen LogP contribution in [0.2, 0.25) is 0 Å². The van der Waals surface area contributed by atoms with Crippen LogP contribution in [0.3, 0.4) is 0 Å². The molecule has 2 bridgehead atoms. The van der Waals surface area contributed by atoms with Crippen LogP contribution in [0.1, 0.15) is 23.7 Å². The highest BCUT2D eigenvalue weighted by atomic mass is 19.4. The Kier molecular flexibility index (Phi) is 7.23. The largest absolute Gasteiger partial charge is 0.573 e. The van der Waals surface area contributed by atoms with E-state index in [1.54, 1.807) is 13.0 Å².